The normalized spacial score (nSPS) is 18.9. The quantitative estimate of drug-likeness (QED) is 0.628. The second kappa shape index (κ2) is 2.11. The fourth-order valence-corrected chi connectivity index (χ4v) is 1.46. The third kappa shape index (κ3) is 0.753. The molecule has 2 heteroatoms. The lowest BCUT2D eigenvalue weighted by molar-refractivity contribution is 0.410. The Kier molecular flexibility index (Phi) is 1.26. The van der Waals surface area contributed by atoms with Crippen molar-refractivity contribution in [2.75, 3.05) is 0 Å². The first kappa shape index (κ1) is 5.96. The molecule has 0 unspecified atom stereocenters. The molecule has 1 N–H and O–H groups in total. The van der Waals surface area contributed by atoms with E-state index in [0.29, 0.717) is 0 Å². The molecule has 10 heavy (non-hydrogen) atoms. The smallest absolute Gasteiger partial charge is 0.0925 e. The summed E-state index contributed by atoms with van der Waals surface area (Å²) in [5, 5.41) is 0. The number of rotatable bonds is 1. The monoisotopic (exact) mass is 136 g/mol. The van der Waals surface area contributed by atoms with Crippen molar-refractivity contribution in [1.29, 1.82) is 0 Å². The van der Waals surface area contributed by atoms with Crippen LogP contribution in [-0.4, -0.2) is 9.97 Å². The molecule has 0 spiro atoms. The van der Waals surface area contributed by atoms with Crippen LogP contribution in [0.4, 0.5) is 0 Å². The first-order valence-corrected chi connectivity index (χ1v) is 3.88. The predicted octanol–water partition coefficient (Wildman–Crippen LogP) is 1.99. The Morgan fingerprint density at radius 3 is 2.80 bits per heavy atom. The summed E-state index contributed by atoms with van der Waals surface area (Å²) < 4.78 is 0. The third-order valence-electron chi connectivity index (χ3n) is 2.36. The molecule has 1 fully saturated rings. The van der Waals surface area contributed by atoms with Gasteiger partial charge in [0, 0.05) is 11.6 Å². The second-order valence-corrected chi connectivity index (χ2v) is 3.04. The topological polar surface area (TPSA) is 28.7 Å². The van der Waals surface area contributed by atoms with Crippen LogP contribution in [0.3, 0.4) is 0 Å². The van der Waals surface area contributed by atoms with Crippen molar-refractivity contribution in [3.63, 3.8) is 0 Å². The van der Waals surface area contributed by atoms with E-state index >= 15 is 0 Å². The van der Waals surface area contributed by atoms with Gasteiger partial charge < -0.3 is 4.98 Å². The van der Waals surface area contributed by atoms with Crippen LogP contribution in [-0.2, 0) is 0 Å². The highest BCUT2D eigenvalue weighted by atomic mass is 14.9. The van der Waals surface area contributed by atoms with E-state index in [2.05, 4.69) is 16.9 Å². The van der Waals surface area contributed by atoms with E-state index in [0.717, 1.165) is 5.92 Å². The minimum atomic E-state index is 0.770. The van der Waals surface area contributed by atoms with Crippen molar-refractivity contribution in [2.45, 2.75) is 32.1 Å². The Labute approximate surface area is 60.7 Å². The summed E-state index contributed by atoms with van der Waals surface area (Å²) in [6.45, 7) is 2.10. The van der Waals surface area contributed by atoms with Gasteiger partial charge in [0.05, 0.1) is 12.0 Å². The van der Waals surface area contributed by atoms with Crippen LogP contribution >= 0.6 is 0 Å². The summed E-state index contributed by atoms with van der Waals surface area (Å²) in [5.74, 6) is 0.770. The predicted molar refractivity (Wildman–Crippen MR) is 39.9 cm³/mol. The highest BCUT2D eigenvalue weighted by Gasteiger charge is 2.22. The van der Waals surface area contributed by atoms with Gasteiger partial charge >= 0.3 is 0 Å². The van der Waals surface area contributed by atoms with Gasteiger partial charge in [-0.25, -0.2) is 4.98 Å². The van der Waals surface area contributed by atoms with E-state index in [1.165, 1.54) is 30.7 Å². The molecule has 0 aromatic carbocycles. The molecule has 1 aromatic heterocycles. The zero-order chi connectivity index (χ0) is 6.97. The lowest BCUT2D eigenvalue weighted by Crippen LogP contribution is -2.10. The lowest BCUT2D eigenvalue weighted by Gasteiger charge is -2.23. The molecule has 1 aliphatic rings. The maximum atomic E-state index is 4.28. The minimum Gasteiger partial charge on any atom is -0.348 e. The highest BCUT2D eigenvalue weighted by molar-refractivity contribution is 5.16. The van der Waals surface area contributed by atoms with Crippen LogP contribution in [0.5, 0.6) is 0 Å². The molecule has 1 aliphatic carbocycles. The zero-order valence-electron chi connectivity index (χ0n) is 6.22. The molecule has 0 bridgehead atoms. The standard InChI is InChI=1S/C8H12N2/c1-6-8(10-5-9-6)7-3-2-4-7/h5,7H,2-4H2,1H3,(H,9,10). The Morgan fingerprint density at radius 2 is 2.40 bits per heavy atom. The maximum Gasteiger partial charge on any atom is 0.0925 e. The van der Waals surface area contributed by atoms with Crippen molar-refractivity contribution in [3.05, 3.63) is 17.7 Å². The third-order valence-corrected chi connectivity index (χ3v) is 2.36. The van der Waals surface area contributed by atoms with Gasteiger partial charge in [-0.3, -0.25) is 0 Å². The number of H-pyrrole nitrogens is 1. The fourth-order valence-electron chi connectivity index (χ4n) is 1.46. The number of nitrogens with one attached hydrogen (secondary N) is 1. The van der Waals surface area contributed by atoms with Gasteiger partial charge in [-0.15, -0.1) is 0 Å². The van der Waals surface area contributed by atoms with E-state index in [9.17, 15) is 0 Å². The molecule has 0 saturated heterocycles. The number of aromatic amines is 1. The summed E-state index contributed by atoms with van der Waals surface area (Å²) in [6, 6.07) is 0. The molecule has 54 valence electrons. The molecule has 0 amide bonds. The van der Waals surface area contributed by atoms with Gasteiger partial charge in [-0.1, -0.05) is 6.42 Å². The van der Waals surface area contributed by atoms with Crippen LogP contribution in [0, 0.1) is 6.92 Å². The van der Waals surface area contributed by atoms with E-state index < -0.39 is 0 Å². The first-order valence-electron chi connectivity index (χ1n) is 3.88. The number of hydrogen-bond acceptors (Lipinski definition) is 1. The van der Waals surface area contributed by atoms with E-state index in [4.69, 9.17) is 0 Å². The van der Waals surface area contributed by atoms with Crippen molar-refractivity contribution in [2.24, 2.45) is 0 Å². The molecule has 0 radical (unpaired) electrons. The van der Waals surface area contributed by atoms with Crippen LogP contribution < -0.4 is 0 Å². The molecule has 1 heterocycles. The average molecular weight is 136 g/mol. The largest absolute Gasteiger partial charge is 0.348 e. The molecule has 1 aromatic rings. The molecule has 0 atom stereocenters. The fraction of sp³-hybridized carbons (Fsp3) is 0.625. The number of aromatic nitrogens is 2. The zero-order valence-corrected chi connectivity index (χ0v) is 6.22. The van der Waals surface area contributed by atoms with Crippen LogP contribution in [0.15, 0.2) is 6.33 Å². The molecule has 1 saturated carbocycles. The van der Waals surface area contributed by atoms with Gasteiger partial charge in [0.25, 0.3) is 0 Å². The first-order chi connectivity index (χ1) is 4.88. The summed E-state index contributed by atoms with van der Waals surface area (Å²) in [5.41, 5.74) is 2.55. The summed E-state index contributed by atoms with van der Waals surface area (Å²) in [4.78, 5) is 7.39. The summed E-state index contributed by atoms with van der Waals surface area (Å²) >= 11 is 0. The van der Waals surface area contributed by atoms with Gasteiger partial charge in [-0.2, -0.15) is 0 Å². The van der Waals surface area contributed by atoms with Crippen LogP contribution in [0.2, 0.25) is 0 Å². The number of nitrogens with zero attached hydrogens (tertiary/aromatic N) is 1. The van der Waals surface area contributed by atoms with Crippen LogP contribution in [0.25, 0.3) is 0 Å². The van der Waals surface area contributed by atoms with Gasteiger partial charge in [-0.05, 0) is 19.8 Å². The number of imidazole rings is 1. The minimum absolute atomic E-state index is 0.770. The lowest BCUT2D eigenvalue weighted by atomic mass is 9.82. The number of hydrogen-bond donors (Lipinski definition) is 1. The van der Waals surface area contributed by atoms with E-state index in [1.807, 2.05) is 0 Å². The average Bonchev–Trinajstić information content (AvgIpc) is 2.12. The van der Waals surface area contributed by atoms with Gasteiger partial charge in [0.15, 0.2) is 0 Å². The number of aryl methyl sites for hydroxylation is 1. The second-order valence-electron chi connectivity index (χ2n) is 3.04. The molecule has 2 rings (SSSR count). The van der Waals surface area contributed by atoms with Crippen molar-refractivity contribution in [1.82, 2.24) is 9.97 Å². The SMILES string of the molecule is Cc1[nH]cnc1C1CCC1. The molecular formula is C8H12N2. The van der Waals surface area contributed by atoms with E-state index in [1.54, 1.807) is 6.33 Å². The van der Waals surface area contributed by atoms with Crippen molar-refractivity contribution >= 4 is 0 Å². The maximum absolute atomic E-state index is 4.28. The Morgan fingerprint density at radius 1 is 1.60 bits per heavy atom. The van der Waals surface area contributed by atoms with E-state index in [-0.39, 0.29) is 0 Å². The Hall–Kier alpha value is -0.790. The van der Waals surface area contributed by atoms with Gasteiger partial charge in [0.1, 0.15) is 0 Å². The van der Waals surface area contributed by atoms with Crippen LogP contribution in [0.1, 0.15) is 36.6 Å². The summed E-state index contributed by atoms with van der Waals surface area (Å²) in [7, 11) is 0. The Bertz CT molecular complexity index is 223. The molecular weight excluding hydrogens is 124 g/mol. The molecule has 0 aliphatic heterocycles. The van der Waals surface area contributed by atoms with Crippen molar-refractivity contribution in [3.8, 4) is 0 Å². The summed E-state index contributed by atoms with van der Waals surface area (Å²) in [6.07, 6.45) is 5.86. The van der Waals surface area contributed by atoms with Gasteiger partial charge in [0.2, 0.25) is 0 Å². The highest BCUT2D eigenvalue weighted by Crippen LogP contribution is 2.36. The Balaban J connectivity index is 2.23. The van der Waals surface area contributed by atoms with Crippen molar-refractivity contribution < 1.29 is 0 Å². The molecule has 2 nitrogen and oxygen atoms in total.